The van der Waals surface area contributed by atoms with Gasteiger partial charge in [0.25, 0.3) is 0 Å². The van der Waals surface area contributed by atoms with Gasteiger partial charge in [0, 0.05) is 56.0 Å². The average molecular weight is 551 g/mol. The number of nitrogens with one attached hydrogen (secondary N) is 2. The number of aliphatic imine (C=N–C) groups is 1. The summed E-state index contributed by atoms with van der Waals surface area (Å²) in [7, 11) is 1.75. The molecule has 1 unspecified atom stereocenters. The van der Waals surface area contributed by atoms with Gasteiger partial charge in [0.1, 0.15) is 5.52 Å². The monoisotopic (exact) mass is 550 g/mol. The Morgan fingerprint density at radius 3 is 2.56 bits per heavy atom. The fraction of sp³-hybridized carbons (Fsp3) is 0.538. The molecule has 8 nitrogen and oxygen atoms in total. The first-order valence-electron chi connectivity index (χ1n) is 13.1. The van der Waals surface area contributed by atoms with Crippen molar-refractivity contribution in [2.24, 2.45) is 4.99 Å². The van der Waals surface area contributed by atoms with Crippen molar-refractivity contribution in [2.75, 3.05) is 37.3 Å². The molecule has 3 aromatic heterocycles. The minimum atomic E-state index is -4.20. The van der Waals surface area contributed by atoms with Gasteiger partial charge in [-0.2, -0.15) is 18.2 Å². The predicted molar refractivity (Wildman–Crippen MR) is 140 cm³/mol. The Kier molecular flexibility index (Phi) is 7.70. The van der Waals surface area contributed by atoms with E-state index in [4.69, 9.17) is 4.98 Å². The van der Waals surface area contributed by atoms with Crippen LogP contribution in [0.1, 0.15) is 50.6 Å². The Balaban J connectivity index is 1.35. The molecular formula is C26H31F5N8. The van der Waals surface area contributed by atoms with Gasteiger partial charge in [-0.05, 0) is 50.8 Å². The van der Waals surface area contributed by atoms with Crippen LogP contribution in [0.5, 0.6) is 0 Å². The Morgan fingerprint density at radius 2 is 1.87 bits per heavy atom. The van der Waals surface area contributed by atoms with Gasteiger partial charge in [-0.1, -0.05) is 0 Å². The van der Waals surface area contributed by atoms with E-state index < -0.39 is 19.1 Å². The van der Waals surface area contributed by atoms with Gasteiger partial charge in [0.2, 0.25) is 12.4 Å². The minimum absolute atomic E-state index is 0.0321. The third kappa shape index (κ3) is 6.13. The molecule has 3 aromatic rings. The molecule has 0 radical (unpaired) electrons. The molecule has 1 fully saturated rings. The van der Waals surface area contributed by atoms with Crippen molar-refractivity contribution in [1.29, 1.82) is 0 Å². The van der Waals surface area contributed by atoms with Crippen LogP contribution in [-0.4, -0.2) is 75.5 Å². The highest BCUT2D eigenvalue weighted by Gasteiger charge is 2.33. The highest BCUT2D eigenvalue weighted by atomic mass is 19.4. The fourth-order valence-corrected chi connectivity index (χ4v) is 5.39. The van der Waals surface area contributed by atoms with Crippen LogP contribution in [0.25, 0.3) is 16.8 Å². The molecule has 0 aromatic carbocycles. The number of hydrogen-bond acceptors (Lipinski definition) is 7. The number of nitrogens with zero attached hydrogens (tertiary/aromatic N) is 6. The summed E-state index contributed by atoms with van der Waals surface area (Å²) in [5.74, 6) is 0.865. The zero-order valence-corrected chi connectivity index (χ0v) is 21.8. The predicted octanol–water partition coefficient (Wildman–Crippen LogP) is 5.90. The minimum Gasteiger partial charge on any atom is -0.371 e. The molecule has 0 aliphatic carbocycles. The van der Waals surface area contributed by atoms with Crippen LogP contribution in [0.2, 0.25) is 0 Å². The van der Waals surface area contributed by atoms with Crippen LogP contribution >= 0.6 is 0 Å². The Bertz CT molecular complexity index is 1340. The lowest BCUT2D eigenvalue weighted by Gasteiger charge is -2.32. The van der Waals surface area contributed by atoms with E-state index >= 15 is 0 Å². The third-order valence-electron chi connectivity index (χ3n) is 7.30. The van der Waals surface area contributed by atoms with Gasteiger partial charge in [-0.3, -0.25) is 9.89 Å². The maximum absolute atomic E-state index is 12.7. The number of anilines is 2. The molecule has 2 aliphatic heterocycles. The summed E-state index contributed by atoms with van der Waals surface area (Å²) in [5, 5.41) is 11.0. The Morgan fingerprint density at radius 1 is 1.10 bits per heavy atom. The second-order valence-corrected chi connectivity index (χ2v) is 10.1. The second kappa shape index (κ2) is 11.0. The number of fused-ring (bicyclic) bond motifs is 2. The van der Waals surface area contributed by atoms with Gasteiger partial charge >= 0.3 is 6.18 Å². The summed E-state index contributed by atoms with van der Waals surface area (Å²) >= 11 is 0. The number of aromatic nitrogens is 4. The largest absolute Gasteiger partial charge is 0.401 e. The number of hydrogen-bond donors (Lipinski definition) is 2. The van der Waals surface area contributed by atoms with Crippen LogP contribution in [0.3, 0.4) is 0 Å². The van der Waals surface area contributed by atoms with E-state index in [1.54, 1.807) is 17.8 Å². The van der Waals surface area contributed by atoms with E-state index in [2.05, 4.69) is 25.7 Å². The molecule has 0 spiro atoms. The summed E-state index contributed by atoms with van der Waals surface area (Å²) in [4.78, 5) is 15.5. The van der Waals surface area contributed by atoms with Crippen molar-refractivity contribution in [3.05, 3.63) is 30.1 Å². The first kappa shape index (κ1) is 27.2. The summed E-state index contributed by atoms with van der Waals surface area (Å²) in [6.07, 6.45) is -2.78. The molecule has 0 amide bonds. The van der Waals surface area contributed by atoms with Crippen LogP contribution in [0.15, 0.2) is 29.4 Å². The Labute approximate surface area is 222 Å². The molecule has 39 heavy (non-hydrogen) atoms. The maximum Gasteiger partial charge on any atom is 0.401 e. The van der Waals surface area contributed by atoms with Crippen molar-refractivity contribution in [2.45, 2.75) is 63.6 Å². The molecule has 2 aliphatic rings. The smallest absolute Gasteiger partial charge is 0.371 e. The topological polar surface area (TPSA) is 82.7 Å². The molecule has 0 saturated carbocycles. The number of rotatable bonds is 9. The van der Waals surface area contributed by atoms with Crippen molar-refractivity contribution < 1.29 is 22.0 Å². The number of likely N-dealkylation sites (tertiary alicyclic amines) is 1. The highest BCUT2D eigenvalue weighted by Crippen LogP contribution is 2.39. The van der Waals surface area contributed by atoms with E-state index in [0.717, 1.165) is 28.2 Å². The van der Waals surface area contributed by atoms with E-state index in [-0.39, 0.29) is 18.4 Å². The quantitative estimate of drug-likeness (QED) is 0.323. The SMILES string of the molecule is CNc1nc(NC2CCN(CC(F)(F)F)CC2)nn2ccc(-c3ccc4c(n3)C(CCCC(F)F)C(C)=N4)c12. The number of piperidine rings is 1. The van der Waals surface area contributed by atoms with Crippen LogP contribution in [-0.2, 0) is 0 Å². The van der Waals surface area contributed by atoms with E-state index in [9.17, 15) is 22.0 Å². The summed E-state index contributed by atoms with van der Waals surface area (Å²) < 4.78 is 65.2. The average Bonchev–Trinajstić information content (AvgIpc) is 3.44. The molecular weight excluding hydrogens is 519 g/mol. The normalized spacial score (nSPS) is 18.6. The van der Waals surface area contributed by atoms with Crippen LogP contribution in [0.4, 0.5) is 39.4 Å². The van der Waals surface area contributed by atoms with Gasteiger partial charge < -0.3 is 10.6 Å². The lowest BCUT2D eigenvalue weighted by Crippen LogP contribution is -2.43. The lowest BCUT2D eigenvalue weighted by atomic mass is 9.94. The summed E-state index contributed by atoms with van der Waals surface area (Å²) in [5.41, 5.74) is 4.67. The second-order valence-electron chi connectivity index (χ2n) is 10.1. The number of pyridine rings is 1. The van der Waals surface area contributed by atoms with Crippen molar-refractivity contribution in [3.8, 4) is 11.3 Å². The molecule has 1 saturated heterocycles. The number of halogens is 5. The van der Waals surface area contributed by atoms with Gasteiger partial charge in [0.05, 0.1) is 23.6 Å². The van der Waals surface area contributed by atoms with E-state index in [1.165, 1.54) is 4.90 Å². The summed E-state index contributed by atoms with van der Waals surface area (Å²) in [6, 6.07) is 5.65. The van der Waals surface area contributed by atoms with Gasteiger partial charge in [-0.25, -0.2) is 18.3 Å². The molecule has 2 N–H and O–H groups in total. The van der Waals surface area contributed by atoms with Crippen molar-refractivity contribution >= 4 is 28.7 Å². The molecule has 210 valence electrons. The fourth-order valence-electron chi connectivity index (χ4n) is 5.39. The lowest BCUT2D eigenvalue weighted by molar-refractivity contribution is -0.147. The molecule has 5 heterocycles. The van der Waals surface area contributed by atoms with E-state index in [1.807, 2.05) is 25.1 Å². The standard InChI is InChI=1S/C26H31F5N8/c1-15-17(4-3-5-21(27)28)22-20(33-15)7-6-19(35-22)18-10-13-39-23(18)24(32-2)36-25(37-39)34-16-8-11-38(12-9-16)14-26(29,30)31/h6-7,10,13,16-17,21H,3-5,8-9,11-12,14H2,1-2H3,(H2,32,34,36,37). The number of alkyl halides is 5. The third-order valence-corrected chi connectivity index (χ3v) is 7.30. The van der Waals surface area contributed by atoms with Crippen LogP contribution in [0, 0.1) is 0 Å². The van der Waals surface area contributed by atoms with Crippen molar-refractivity contribution in [1.82, 2.24) is 24.5 Å². The van der Waals surface area contributed by atoms with Crippen LogP contribution < -0.4 is 10.6 Å². The maximum atomic E-state index is 12.7. The van der Waals surface area contributed by atoms with E-state index in [0.29, 0.717) is 56.2 Å². The zero-order valence-electron chi connectivity index (χ0n) is 21.8. The van der Waals surface area contributed by atoms with Crippen molar-refractivity contribution in [3.63, 3.8) is 0 Å². The first-order chi connectivity index (χ1) is 18.6. The molecule has 5 rings (SSSR count). The highest BCUT2D eigenvalue weighted by molar-refractivity contribution is 5.96. The zero-order chi connectivity index (χ0) is 27.7. The molecule has 0 bridgehead atoms. The summed E-state index contributed by atoms with van der Waals surface area (Å²) in [6.45, 7) is 1.71. The Hall–Kier alpha value is -3.35. The van der Waals surface area contributed by atoms with Gasteiger partial charge in [0.15, 0.2) is 5.82 Å². The molecule has 1 atom stereocenters. The first-order valence-corrected chi connectivity index (χ1v) is 13.1. The molecule has 13 heteroatoms. The van der Waals surface area contributed by atoms with Gasteiger partial charge in [-0.15, -0.1) is 5.10 Å².